The zero-order valence-electron chi connectivity index (χ0n) is 10.5. The van der Waals surface area contributed by atoms with Crippen molar-refractivity contribution in [1.29, 1.82) is 0 Å². The van der Waals surface area contributed by atoms with E-state index in [1.54, 1.807) is 12.1 Å². The molecule has 0 radical (unpaired) electrons. The monoisotopic (exact) mass is 254 g/mol. The van der Waals surface area contributed by atoms with Crippen molar-refractivity contribution in [3.8, 4) is 5.75 Å². The van der Waals surface area contributed by atoms with Crippen LogP contribution in [-0.4, -0.2) is 35.3 Å². The zero-order chi connectivity index (χ0) is 13.5. The average Bonchev–Trinajstić information content (AvgIpc) is 2.34. The lowest BCUT2D eigenvalue weighted by molar-refractivity contribution is -0.385. The molecular formula is C12H18N2O4. The summed E-state index contributed by atoms with van der Waals surface area (Å²) in [7, 11) is 0. The standard InChI is InChI=1S/C12H18N2O4/c1-9(2)13-7-10(15)8-18-12-6-4-3-5-11(12)14(16)17/h3-6,9-10,13,15H,7-8H2,1-2H3. The molecular weight excluding hydrogens is 236 g/mol. The Kier molecular flexibility index (Phi) is 5.54. The number of aliphatic hydroxyl groups is 1. The maximum absolute atomic E-state index is 10.7. The normalized spacial score (nSPS) is 12.4. The molecule has 1 atom stereocenters. The van der Waals surface area contributed by atoms with Crippen molar-refractivity contribution in [3.63, 3.8) is 0 Å². The Bertz CT molecular complexity index is 395. The summed E-state index contributed by atoms with van der Waals surface area (Å²) < 4.78 is 5.26. The molecule has 0 aliphatic rings. The third kappa shape index (κ3) is 4.68. The van der Waals surface area contributed by atoms with Crippen molar-refractivity contribution in [3.05, 3.63) is 34.4 Å². The molecule has 1 aromatic carbocycles. The van der Waals surface area contributed by atoms with Crippen LogP contribution < -0.4 is 10.1 Å². The van der Waals surface area contributed by atoms with Crippen LogP contribution in [0.25, 0.3) is 0 Å². The molecule has 18 heavy (non-hydrogen) atoms. The number of para-hydroxylation sites is 2. The van der Waals surface area contributed by atoms with Crippen LogP contribution >= 0.6 is 0 Å². The lowest BCUT2D eigenvalue weighted by atomic mass is 10.3. The molecule has 0 aliphatic heterocycles. The van der Waals surface area contributed by atoms with Gasteiger partial charge < -0.3 is 15.2 Å². The lowest BCUT2D eigenvalue weighted by Gasteiger charge is -2.14. The molecule has 100 valence electrons. The van der Waals surface area contributed by atoms with Gasteiger partial charge in [-0.2, -0.15) is 0 Å². The first-order valence-corrected chi connectivity index (χ1v) is 5.78. The molecule has 0 amide bonds. The number of nitro benzene ring substituents is 1. The second-order valence-electron chi connectivity index (χ2n) is 4.25. The van der Waals surface area contributed by atoms with Gasteiger partial charge in [-0.1, -0.05) is 26.0 Å². The molecule has 1 rings (SSSR count). The van der Waals surface area contributed by atoms with E-state index in [0.29, 0.717) is 6.54 Å². The second kappa shape index (κ2) is 6.93. The van der Waals surface area contributed by atoms with E-state index in [1.165, 1.54) is 12.1 Å². The molecule has 0 saturated carbocycles. The third-order valence-corrected chi connectivity index (χ3v) is 2.25. The Labute approximate surface area is 106 Å². The molecule has 0 spiro atoms. The number of nitro groups is 1. The summed E-state index contributed by atoms with van der Waals surface area (Å²) in [5.41, 5.74) is -0.0958. The van der Waals surface area contributed by atoms with Crippen molar-refractivity contribution in [2.75, 3.05) is 13.2 Å². The Hall–Kier alpha value is -1.66. The van der Waals surface area contributed by atoms with Crippen molar-refractivity contribution in [2.45, 2.75) is 26.0 Å². The number of ether oxygens (including phenoxy) is 1. The van der Waals surface area contributed by atoms with Crippen LogP contribution in [0, 0.1) is 10.1 Å². The quantitative estimate of drug-likeness (QED) is 0.566. The maximum Gasteiger partial charge on any atom is 0.310 e. The summed E-state index contributed by atoms with van der Waals surface area (Å²) in [5, 5.41) is 23.4. The molecule has 6 nitrogen and oxygen atoms in total. The van der Waals surface area contributed by atoms with E-state index in [2.05, 4.69) is 5.32 Å². The maximum atomic E-state index is 10.7. The van der Waals surface area contributed by atoms with Gasteiger partial charge in [0, 0.05) is 18.7 Å². The van der Waals surface area contributed by atoms with E-state index in [9.17, 15) is 15.2 Å². The number of aliphatic hydroxyl groups excluding tert-OH is 1. The number of hydrogen-bond donors (Lipinski definition) is 2. The van der Waals surface area contributed by atoms with Gasteiger partial charge in [-0.3, -0.25) is 10.1 Å². The summed E-state index contributed by atoms with van der Waals surface area (Å²) in [5.74, 6) is 0.172. The fraction of sp³-hybridized carbons (Fsp3) is 0.500. The van der Waals surface area contributed by atoms with Gasteiger partial charge in [0.2, 0.25) is 0 Å². The fourth-order valence-corrected chi connectivity index (χ4v) is 1.35. The van der Waals surface area contributed by atoms with E-state index in [-0.39, 0.29) is 24.1 Å². The highest BCUT2D eigenvalue weighted by atomic mass is 16.6. The minimum atomic E-state index is -0.702. The molecule has 0 fully saturated rings. The highest BCUT2D eigenvalue weighted by molar-refractivity contribution is 5.45. The molecule has 0 saturated heterocycles. The Morgan fingerprint density at radius 1 is 1.44 bits per heavy atom. The van der Waals surface area contributed by atoms with Gasteiger partial charge in [0.1, 0.15) is 12.7 Å². The van der Waals surface area contributed by atoms with Crippen molar-refractivity contribution >= 4 is 5.69 Å². The first-order valence-electron chi connectivity index (χ1n) is 5.78. The molecule has 2 N–H and O–H groups in total. The number of nitrogens with zero attached hydrogens (tertiary/aromatic N) is 1. The fourth-order valence-electron chi connectivity index (χ4n) is 1.35. The third-order valence-electron chi connectivity index (χ3n) is 2.25. The largest absolute Gasteiger partial charge is 0.484 e. The number of rotatable bonds is 7. The summed E-state index contributed by atoms with van der Waals surface area (Å²) >= 11 is 0. The van der Waals surface area contributed by atoms with Crippen LogP contribution in [0.4, 0.5) is 5.69 Å². The van der Waals surface area contributed by atoms with Gasteiger partial charge in [-0.25, -0.2) is 0 Å². The first kappa shape index (κ1) is 14.4. The van der Waals surface area contributed by atoms with E-state index >= 15 is 0 Å². The van der Waals surface area contributed by atoms with Crippen LogP contribution in [0.3, 0.4) is 0 Å². The van der Waals surface area contributed by atoms with Crippen LogP contribution in [0.15, 0.2) is 24.3 Å². The van der Waals surface area contributed by atoms with Crippen molar-refractivity contribution in [1.82, 2.24) is 5.32 Å². The minimum absolute atomic E-state index is 0.0184. The summed E-state index contributed by atoms with van der Waals surface area (Å²) in [6, 6.07) is 6.38. The zero-order valence-corrected chi connectivity index (χ0v) is 10.5. The van der Waals surface area contributed by atoms with Crippen molar-refractivity contribution in [2.24, 2.45) is 0 Å². The summed E-state index contributed by atoms with van der Waals surface area (Å²) in [6.45, 7) is 4.34. The highest BCUT2D eigenvalue weighted by Gasteiger charge is 2.15. The highest BCUT2D eigenvalue weighted by Crippen LogP contribution is 2.25. The Balaban J connectivity index is 2.50. The van der Waals surface area contributed by atoms with Crippen LogP contribution in [-0.2, 0) is 0 Å². The van der Waals surface area contributed by atoms with E-state index in [4.69, 9.17) is 4.74 Å². The Morgan fingerprint density at radius 2 is 2.11 bits per heavy atom. The molecule has 0 heterocycles. The Morgan fingerprint density at radius 3 is 2.72 bits per heavy atom. The van der Waals surface area contributed by atoms with Gasteiger partial charge in [0.25, 0.3) is 0 Å². The van der Waals surface area contributed by atoms with E-state index in [0.717, 1.165) is 0 Å². The lowest BCUT2D eigenvalue weighted by Crippen LogP contribution is -2.35. The van der Waals surface area contributed by atoms with Crippen LogP contribution in [0.2, 0.25) is 0 Å². The number of benzene rings is 1. The van der Waals surface area contributed by atoms with Gasteiger partial charge in [-0.05, 0) is 6.07 Å². The second-order valence-corrected chi connectivity index (χ2v) is 4.25. The van der Waals surface area contributed by atoms with Crippen molar-refractivity contribution < 1.29 is 14.8 Å². The molecule has 0 aromatic heterocycles. The molecule has 1 unspecified atom stereocenters. The average molecular weight is 254 g/mol. The minimum Gasteiger partial charge on any atom is -0.484 e. The summed E-state index contributed by atoms with van der Waals surface area (Å²) in [6.07, 6.45) is -0.702. The van der Waals surface area contributed by atoms with Gasteiger partial charge in [0.15, 0.2) is 5.75 Å². The van der Waals surface area contributed by atoms with Crippen LogP contribution in [0.5, 0.6) is 5.75 Å². The molecule has 6 heteroatoms. The molecule has 0 aliphatic carbocycles. The molecule has 0 bridgehead atoms. The predicted octanol–water partition coefficient (Wildman–Crippen LogP) is 1.33. The molecule has 1 aromatic rings. The van der Waals surface area contributed by atoms with E-state index in [1.807, 2.05) is 13.8 Å². The number of nitrogens with one attached hydrogen (secondary N) is 1. The van der Waals surface area contributed by atoms with Gasteiger partial charge in [-0.15, -0.1) is 0 Å². The summed E-state index contributed by atoms with van der Waals surface area (Å²) in [4.78, 5) is 10.2. The van der Waals surface area contributed by atoms with E-state index < -0.39 is 11.0 Å². The predicted molar refractivity (Wildman–Crippen MR) is 67.7 cm³/mol. The SMILES string of the molecule is CC(C)NCC(O)COc1ccccc1[N+](=O)[O-]. The van der Waals surface area contributed by atoms with Gasteiger partial charge in [0.05, 0.1) is 4.92 Å². The van der Waals surface area contributed by atoms with Crippen LogP contribution in [0.1, 0.15) is 13.8 Å². The smallest absolute Gasteiger partial charge is 0.310 e. The number of hydrogen-bond acceptors (Lipinski definition) is 5. The topological polar surface area (TPSA) is 84.6 Å². The van der Waals surface area contributed by atoms with Gasteiger partial charge >= 0.3 is 5.69 Å². The first-order chi connectivity index (χ1) is 8.50.